The molecule has 0 atom stereocenters. The molecule has 0 spiro atoms. The van der Waals surface area contributed by atoms with Crippen molar-refractivity contribution in [3.8, 4) is 0 Å². The van der Waals surface area contributed by atoms with Crippen LogP contribution in [0.5, 0.6) is 0 Å². The van der Waals surface area contributed by atoms with Crippen molar-refractivity contribution in [1.29, 1.82) is 0 Å². The van der Waals surface area contributed by atoms with Gasteiger partial charge in [0.2, 0.25) is 0 Å². The van der Waals surface area contributed by atoms with Gasteiger partial charge in [0, 0.05) is 5.88 Å². The van der Waals surface area contributed by atoms with E-state index in [2.05, 4.69) is 6.58 Å². The lowest BCUT2D eigenvalue weighted by Crippen LogP contribution is -2.00. The number of alkyl halides is 1. The highest BCUT2D eigenvalue weighted by Gasteiger charge is 1.71. The first-order chi connectivity index (χ1) is 2.77. The van der Waals surface area contributed by atoms with Gasteiger partial charge in [0.15, 0.2) is 0 Å². The number of allylic oxidation sites excluding steroid dienone is 1. The first-order valence-electron chi connectivity index (χ1n) is 1.68. The van der Waals surface area contributed by atoms with E-state index in [9.17, 15) is 5.11 Å². The van der Waals surface area contributed by atoms with Crippen LogP contribution in [0.25, 0.3) is 0 Å². The summed E-state index contributed by atoms with van der Waals surface area (Å²) in [6, 6.07) is 0. The zero-order valence-electron chi connectivity index (χ0n) is 3.41. The van der Waals surface area contributed by atoms with Crippen LogP contribution in [0.2, 0.25) is 0 Å². The summed E-state index contributed by atoms with van der Waals surface area (Å²) in [5.41, 5.74) is 0. The van der Waals surface area contributed by atoms with Gasteiger partial charge in [0.05, 0.1) is 0 Å². The van der Waals surface area contributed by atoms with E-state index in [0.717, 1.165) is 0 Å². The Morgan fingerprint density at radius 2 is 2.33 bits per heavy atom. The molecule has 0 aromatic heterocycles. The van der Waals surface area contributed by atoms with Crippen LogP contribution >= 0.6 is 11.6 Å². The molecule has 0 heterocycles. The molecule has 0 aliphatic heterocycles. The van der Waals surface area contributed by atoms with Crippen molar-refractivity contribution in [2.24, 2.45) is 0 Å². The third-order valence-electron chi connectivity index (χ3n) is 0.373. The summed E-state index contributed by atoms with van der Waals surface area (Å²) in [6.07, 6.45) is 0.390. The van der Waals surface area contributed by atoms with E-state index >= 15 is 0 Å². The van der Waals surface area contributed by atoms with Crippen LogP contribution < -0.4 is 5.11 Å². The fraction of sp³-hybridized carbons (Fsp3) is 0.500. The maximum atomic E-state index is 9.85. The van der Waals surface area contributed by atoms with Crippen molar-refractivity contribution in [3.63, 3.8) is 0 Å². The zero-order valence-corrected chi connectivity index (χ0v) is 4.16. The molecule has 0 saturated carbocycles. The Bertz CT molecular complexity index is 51.5. The standard InChI is InChI=1S/C4H7ClO/c1-4(6)2-3-5/h6H,1-3H2/p-1. The molecule has 0 aliphatic carbocycles. The van der Waals surface area contributed by atoms with Crippen LogP contribution in [-0.2, 0) is 0 Å². The van der Waals surface area contributed by atoms with Crippen LogP contribution in [0.15, 0.2) is 12.3 Å². The highest BCUT2D eigenvalue weighted by molar-refractivity contribution is 6.17. The highest BCUT2D eigenvalue weighted by atomic mass is 35.5. The molecule has 0 amide bonds. The van der Waals surface area contributed by atoms with Crippen LogP contribution in [0.3, 0.4) is 0 Å². The maximum Gasteiger partial charge on any atom is 0.0251 e. The molecule has 0 rings (SSSR count). The first kappa shape index (κ1) is 5.83. The van der Waals surface area contributed by atoms with Gasteiger partial charge in [-0.25, -0.2) is 0 Å². The van der Waals surface area contributed by atoms with Crippen LogP contribution in [0.1, 0.15) is 6.42 Å². The Kier molecular flexibility index (Phi) is 2.95. The van der Waals surface area contributed by atoms with E-state index < -0.39 is 0 Å². The van der Waals surface area contributed by atoms with Crippen LogP contribution in [-0.4, -0.2) is 5.88 Å². The molecule has 0 fully saturated rings. The molecule has 0 N–H and O–H groups in total. The molecule has 0 unspecified atom stereocenters. The molecule has 0 aliphatic rings. The van der Waals surface area contributed by atoms with E-state index in [0.29, 0.717) is 12.3 Å². The molecule has 0 aromatic rings. The average molecular weight is 106 g/mol. The quantitative estimate of drug-likeness (QED) is 0.370. The largest absolute Gasteiger partial charge is 0.876 e. The molecular formula is C4H6ClO-. The Labute approximate surface area is 42.2 Å². The molecule has 0 saturated heterocycles. The van der Waals surface area contributed by atoms with E-state index in [-0.39, 0.29) is 5.76 Å². The molecule has 0 bridgehead atoms. The second-order valence-corrected chi connectivity index (χ2v) is 1.36. The van der Waals surface area contributed by atoms with E-state index in [1.165, 1.54) is 0 Å². The lowest BCUT2D eigenvalue weighted by molar-refractivity contribution is -0.305. The Morgan fingerprint density at radius 1 is 1.83 bits per heavy atom. The van der Waals surface area contributed by atoms with Gasteiger partial charge < -0.3 is 5.11 Å². The normalized spacial score (nSPS) is 8.17. The van der Waals surface area contributed by atoms with Gasteiger partial charge in [0.25, 0.3) is 0 Å². The SMILES string of the molecule is C=C([O-])CCCl. The summed E-state index contributed by atoms with van der Waals surface area (Å²) in [6.45, 7) is 3.10. The first-order valence-corrected chi connectivity index (χ1v) is 2.21. The maximum absolute atomic E-state index is 9.85. The minimum Gasteiger partial charge on any atom is -0.876 e. The summed E-state index contributed by atoms with van der Waals surface area (Å²) in [5, 5.41) is 9.85. The Hall–Kier alpha value is -0.170. The Morgan fingerprint density at radius 3 is 2.33 bits per heavy atom. The minimum atomic E-state index is -0.0926. The average Bonchev–Trinajstić information content (AvgIpc) is 1.35. The third kappa shape index (κ3) is 3.83. The van der Waals surface area contributed by atoms with Crippen LogP contribution in [0.4, 0.5) is 0 Å². The van der Waals surface area contributed by atoms with Gasteiger partial charge >= 0.3 is 0 Å². The van der Waals surface area contributed by atoms with Gasteiger partial charge in [-0.1, -0.05) is 0 Å². The number of hydrogen-bond acceptors (Lipinski definition) is 1. The monoisotopic (exact) mass is 105 g/mol. The Balaban J connectivity index is 2.83. The predicted octanol–water partition coefficient (Wildman–Crippen LogP) is 0.489. The second-order valence-electron chi connectivity index (χ2n) is 0.978. The van der Waals surface area contributed by atoms with Gasteiger partial charge in [-0.2, -0.15) is 0 Å². The summed E-state index contributed by atoms with van der Waals surface area (Å²) in [4.78, 5) is 0. The van der Waals surface area contributed by atoms with Crippen molar-refractivity contribution in [2.75, 3.05) is 5.88 Å². The van der Waals surface area contributed by atoms with Crippen molar-refractivity contribution in [1.82, 2.24) is 0 Å². The van der Waals surface area contributed by atoms with E-state index in [4.69, 9.17) is 11.6 Å². The zero-order chi connectivity index (χ0) is 4.99. The fourth-order valence-corrected chi connectivity index (χ4v) is 0.316. The van der Waals surface area contributed by atoms with E-state index in [1.54, 1.807) is 0 Å². The molecular weight excluding hydrogens is 99.5 g/mol. The highest BCUT2D eigenvalue weighted by Crippen LogP contribution is 1.87. The molecule has 0 aromatic carbocycles. The summed E-state index contributed by atoms with van der Waals surface area (Å²) in [7, 11) is 0. The summed E-state index contributed by atoms with van der Waals surface area (Å²) in [5.74, 6) is 0.299. The van der Waals surface area contributed by atoms with E-state index in [1.807, 2.05) is 0 Å². The van der Waals surface area contributed by atoms with Crippen molar-refractivity contribution in [3.05, 3.63) is 12.3 Å². The molecule has 0 radical (unpaired) electrons. The summed E-state index contributed by atoms with van der Waals surface area (Å²) >= 11 is 5.14. The number of hydrogen-bond donors (Lipinski definition) is 0. The lowest BCUT2D eigenvalue weighted by Gasteiger charge is -2.02. The number of halogens is 1. The predicted molar refractivity (Wildman–Crippen MR) is 24.5 cm³/mol. The third-order valence-corrected chi connectivity index (χ3v) is 0.562. The molecule has 2 heteroatoms. The van der Waals surface area contributed by atoms with Gasteiger partial charge in [-0.3, -0.25) is 0 Å². The minimum absolute atomic E-state index is 0.0926. The summed E-state index contributed by atoms with van der Waals surface area (Å²) < 4.78 is 0. The molecule has 6 heavy (non-hydrogen) atoms. The molecule has 1 nitrogen and oxygen atoms in total. The topological polar surface area (TPSA) is 23.1 Å². The van der Waals surface area contributed by atoms with Crippen molar-refractivity contribution in [2.45, 2.75) is 6.42 Å². The van der Waals surface area contributed by atoms with Gasteiger partial charge in [-0.15, -0.1) is 23.9 Å². The smallest absolute Gasteiger partial charge is 0.0251 e. The van der Waals surface area contributed by atoms with Gasteiger partial charge in [0.1, 0.15) is 0 Å². The number of rotatable bonds is 2. The molecule has 36 valence electrons. The van der Waals surface area contributed by atoms with Crippen molar-refractivity contribution >= 4 is 11.6 Å². The second kappa shape index (κ2) is 3.04. The lowest BCUT2D eigenvalue weighted by atomic mass is 10.4. The van der Waals surface area contributed by atoms with Gasteiger partial charge in [-0.05, 0) is 6.42 Å². The van der Waals surface area contributed by atoms with Crippen molar-refractivity contribution < 1.29 is 5.11 Å². The fourth-order valence-electron chi connectivity index (χ4n) is 0.105. The van der Waals surface area contributed by atoms with Crippen LogP contribution in [0, 0.1) is 0 Å².